The molecule has 2 amide bonds. The number of amides is 2. The Balaban J connectivity index is 1.41. The molecule has 1 saturated carbocycles. The first-order chi connectivity index (χ1) is 14.6. The van der Waals surface area contributed by atoms with Gasteiger partial charge in [0, 0.05) is 43.6 Å². The van der Waals surface area contributed by atoms with Crippen LogP contribution in [0.1, 0.15) is 54.1 Å². The minimum Gasteiger partial charge on any atom is -0.341 e. The maximum atomic E-state index is 13.2. The fourth-order valence-corrected chi connectivity index (χ4v) is 5.64. The summed E-state index contributed by atoms with van der Waals surface area (Å²) in [6.45, 7) is 4.36. The molecular weight excluding hydrogens is 378 g/mol. The van der Waals surface area contributed by atoms with E-state index in [2.05, 4.69) is 15.2 Å². The second-order valence-electron chi connectivity index (χ2n) is 9.20. The van der Waals surface area contributed by atoms with Gasteiger partial charge in [-0.1, -0.05) is 37.5 Å². The summed E-state index contributed by atoms with van der Waals surface area (Å²) < 4.78 is 0. The van der Waals surface area contributed by atoms with Gasteiger partial charge in [0.15, 0.2) is 5.82 Å². The van der Waals surface area contributed by atoms with Crippen LogP contribution in [0, 0.1) is 18.8 Å². The van der Waals surface area contributed by atoms with E-state index in [4.69, 9.17) is 0 Å². The predicted octanol–water partition coefficient (Wildman–Crippen LogP) is 2.55. The third kappa shape index (κ3) is 3.20. The van der Waals surface area contributed by atoms with E-state index < -0.39 is 0 Å². The lowest BCUT2D eigenvalue weighted by atomic mass is 9.80. The number of rotatable bonds is 3. The van der Waals surface area contributed by atoms with E-state index in [1.54, 1.807) is 0 Å². The van der Waals surface area contributed by atoms with Crippen LogP contribution in [-0.2, 0) is 10.2 Å². The molecule has 7 heteroatoms. The number of benzene rings is 1. The van der Waals surface area contributed by atoms with E-state index in [0.29, 0.717) is 31.7 Å². The molecule has 1 aromatic carbocycles. The van der Waals surface area contributed by atoms with Crippen molar-refractivity contribution < 1.29 is 9.59 Å². The van der Waals surface area contributed by atoms with Crippen molar-refractivity contribution in [1.82, 2.24) is 25.0 Å². The molecule has 3 fully saturated rings. The van der Waals surface area contributed by atoms with E-state index in [1.807, 2.05) is 47.1 Å². The molecule has 1 N–H and O–H groups in total. The van der Waals surface area contributed by atoms with Crippen LogP contribution >= 0.6 is 0 Å². The minimum absolute atomic E-state index is 0.0433. The normalized spacial score (nSPS) is 26.8. The predicted molar refractivity (Wildman–Crippen MR) is 112 cm³/mol. The molecule has 0 unspecified atom stereocenters. The highest BCUT2D eigenvalue weighted by atomic mass is 16.2. The SMILES string of the molecule is Cc1nc([C@]23CN(C(=O)c4ccccc4)C[C@H]2CN(C(=O)C2CCCCC2)C3)n[nH]1. The lowest BCUT2D eigenvalue weighted by Crippen LogP contribution is -2.43. The summed E-state index contributed by atoms with van der Waals surface area (Å²) in [4.78, 5) is 35.0. The van der Waals surface area contributed by atoms with Gasteiger partial charge in [0.05, 0.1) is 5.41 Å². The number of carbonyl (C=O) groups excluding carboxylic acids is 2. The van der Waals surface area contributed by atoms with Crippen molar-refractivity contribution in [3.05, 3.63) is 47.5 Å². The van der Waals surface area contributed by atoms with Gasteiger partial charge in [-0.15, -0.1) is 0 Å². The molecule has 1 aromatic heterocycles. The van der Waals surface area contributed by atoms with Crippen LogP contribution in [0.5, 0.6) is 0 Å². The zero-order chi connectivity index (χ0) is 20.7. The third-order valence-corrected chi connectivity index (χ3v) is 7.23. The van der Waals surface area contributed by atoms with Crippen LogP contribution in [0.25, 0.3) is 0 Å². The number of aromatic nitrogens is 3. The Morgan fingerprint density at radius 3 is 2.43 bits per heavy atom. The van der Waals surface area contributed by atoms with Crippen molar-refractivity contribution >= 4 is 11.8 Å². The summed E-state index contributed by atoms with van der Waals surface area (Å²) in [6.07, 6.45) is 5.55. The van der Waals surface area contributed by atoms with Gasteiger partial charge in [0.2, 0.25) is 5.91 Å². The molecule has 2 aliphatic heterocycles. The van der Waals surface area contributed by atoms with Crippen LogP contribution in [0.15, 0.2) is 30.3 Å². The standard InChI is InChI=1S/C23H29N5O2/c1-16-24-22(26-25-16)23-14-27(20(29)17-8-4-2-5-9-17)12-19(23)13-28(15-23)21(30)18-10-6-3-7-11-18/h2,4-5,8-9,18-19H,3,6-7,10-15H2,1H3,(H,24,25,26)/t19-,23-/m0/s1. The first-order valence-corrected chi connectivity index (χ1v) is 11.1. The topological polar surface area (TPSA) is 82.2 Å². The Kier molecular flexibility index (Phi) is 4.83. The number of aryl methyl sites for hydroxylation is 1. The van der Waals surface area contributed by atoms with Crippen molar-refractivity contribution in [1.29, 1.82) is 0 Å². The molecule has 7 nitrogen and oxygen atoms in total. The van der Waals surface area contributed by atoms with Crippen LogP contribution in [-0.4, -0.2) is 63.0 Å². The van der Waals surface area contributed by atoms with Gasteiger partial charge in [-0.05, 0) is 31.9 Å². The van der Waals surface area contributed by atoms with E-state index in [1.165, 1.54) is 6.42 Å². The molecule has 2 atom stereocenters. The molecule has 3 heterocycles. The summed E-state index contributed by atoms with van der Waals surface area (Å²) in [5.41, 5.74) is 0.313. The summed E-state index contributed by atoms with van der Waals surface area (Å²) in [6, 6.07) is 9.42. The average Bonchev–Trinajstić information content (AvgIpc) is 3.46. The molecule has 2 aromatic rings. The second kappa shape index (κ2) is 7.52. The highest BCUT2D eigenvalue weighted by molar-refractivity contribution is 5.94. The van der Waals surface area contributed by atoms with Crippen LogP contribution in [0.4, 0.5) is 0 Å². The van der Waals surface area contributed by atoms with Crippen LogP contribution in [0.3, 0.4) is 0 Å². The zero-order valence-electron chi connectivity index (χ0n) is 17.5. The van der Waals surface area contributed by atoms with Gasteiger partial charge in [0.25, 0.3) is 5.91 Å². The minimum atomic E-state index is -0.389. The first kappa shape index (κ1) is 19.3. The summed E-state index contributed by atoms with van der Waals surface area (Å²) in [5, 5.41) is 7.46. The Labute approximate surface area is 176 Å². The van der Waals surface area contributed by atoms with Crippen LogP contribution in [0.2, 0.25) is 0 Å². The number of hydrogen-bond acceptors (Lipinski definition) is 4. The number of nitrogens with zero attached hydrogens (tertiary/aromatic N) is 4. The Hall–Kier alpha value is -2.70. The molecule has 2 saturated heterocycles. The highest BCUT2D eigenvalue weighted by Gasteiger charge is 2.58. The van der Waals surface area contributed by atoms with Gasteiger partial charge in [0.1, 0.15) is 5.82 Å². The highest BCUT2D eigenvalue weighted by Crippen LogP contribution is 2.45. The van der Waals surface area contributed by atoms with Gasteiger partial charge >= 0.3 is 0 Å². The molecule has 158 valence electrons. The van der Waals surface area contributed by atoms with Gasteiger partial charge in [-0.25, -0.2) is 4.98 Å². The molecule has 0 spiro atoms. The zero-order valence-corrected chi connectivity index (χ0v) is 17.5. The fraction of sp³-hybridized carbons (Fsp3) is 0.565. The van der Waals surface area contributed by atoms with Crippen molar-refractivity contribution in [2.45, 2.75) is 44.4 Å². The molecule has 0 radical (unpaired) electrons. The molecule has 5 rings (SSSR count). The number of likely N-dealkylation sites (tertiary alicyclic amines) is 2. The van der Waals surface area contributed by atoms with Gasteiger partial charge in [-0.3, -0.25) is 14.7 Å². The molecule has 30 heavy (non-hydrogen) atoms. The summed E-state index contributed by atoms with van der Waals surface area (Å²) in [5.74, 6) is 2.16. The van der Waals surface area contributed by atoms with Gasteiger partial charge < -0.3 is 9.80 Å². The Morgan fingerprint density at radius 2 is 1.73 bits per heavy atom. The quantitative estimate of drug-likeness (QED) is 0.848. The molecule has 1 aliphatic carbocycles. The van der Waals surface area contributed by atoms with Crippen molar-refractivity contribution in [2.24, 2.45) is 11.8 Å². The Morgan fingerprint density at radius 1 is 1.03 bits per heavy atom. The van der Waals surface area contributed by atoms with Crippen molar-refractivity contribution in [2.75, 3.05) is 26.2 Å². The van der Waals surface area contributed by atoms with Crippen LogP contribution < -0.4 is 0 Å². The average molecular weight is 408 g/mol. The number of carbonyl (C=O) groups is 2. The van der Waals surface area contributed by atoms with E-state index in [-0.39, 0.29) is 29.1 Å². The largest absolute Gasteiger partial charge is 0.341 e. The first-order valence-electron chi connectivity index (χ1n) is 11.1. The second-order valence-corrected chi connectivity index (χ2v) is 9.20. The molecule has 3 aliphatic rings. The number of hydrogen-bond donors (Lipinski definition) is 1. The lowest BCUT2D eigenvalue weighted by molar-refractivity contribution is -0.135. The molecule has 0 bridgehead atoms. The maximum Gasteiger partial charge on any atom is 0.253 e. The summed E-state index contributed by atoms with van der Waals surface area (Å²) in [7, 11) is 0. The van der Waals surface area contributed by atoms with E-state index >= 15 is 0 Å². The number of nitrogens with one attached hydrogen (secondary N) is 1. The van der Waals surface area contributed by atoms with Crippen molar-refractivity contribution in [3.8, 4) is 0 Å². The fourth-order valence-electron chi connectivity index (χ4n) is 5.64. The van der Waals surface area contributed by atoms with Gasteiger partial charge in [-0.2, -0.15) is 5.10 Å². The number of aromatic amines is 1. The molecular formula is C23H29N5O2. The van der Waals surface area contributed by atoms with Crippen molar-refractivity contribution in [3.63, 3.8) is 0 Å². The summed E-state index contributed by atoms with van der Waals surface area (Å²) >= 11 is 0. The van der Waals surface area contributed by atoms with E-state index in [0.717, 1.165) is 37.3 Å². The number of H-pyrrole nitrogens is 1. The third-order valence-electron chi connectivity index (χ3n) is 7.23. The Bertz CT molecular complexity index is 936. The maximum absolute atomic E-state index is 13.2. The van der Waals surface area contributed by atoms with E-state index in [9.17, 15) is 9.59 Å². The number of fused-ring (bicyclic) bond motifs is 1. The lowest BCUT2D eigenvalue weighted by Gasteiger charge is -2.30. The smallest absolute Gasteiger partial charge is 0.253 e. The monoisotopic (exact) mass is 407 g/mol.